The van der Waals surface area contributed by atoms with Crippen molar-refractivity contribution in [3.63, 3.8) is 0 Å². The van der Waals surface area contributed by atoms with Gasteiger partial charge in [0.2, 0.25) is 0 Å². The van der Waals surface area contributed by atoms with Gasteiger partial charge < -0.3 is 16.0 Å². The van der Waals surface area contributed by atoms with Crippen molar-refractivity contribution < 1.29 is 4.79 Å². The Morgan fingerprint density at radius 1 is 1.30 bits per heavy atom. The number of carbonyl (C=O) groups is 1. The quantitative estimate of drug-likeness (QED) is 0.813. The second-order valence-electron chi connectivity index (χ2n) is 5.95. The zero-order valence-corrected chi connectivity index (χ0v) is 12.1. The molecule has 4 heteroatoms. The van der Waals surface area contributed by atoms with E-state index in [1.807, 2.05) is 12.1 Å². The van der Waals surface area contributed by atoms with Gasteiger partial charge in [0.15, 0.2) is 0 Å². The molecular formula is C16H23N3O. The van der Waals surface area contributed by atoms with Crippen molar-refractivity contribution >= 4 is 17.3 Å². The topological polar surface area (TPSA) is 58.4 Å². The van der Waals surface area contributed by atoms with Crippen molar-refractivity contribution in [1.82, 2.24) is 5.32 Å². The molecule has 0 aromatic heterocycles. The molecule has 1 aliphatic carbocycles. The highest BCUT2D eigenvalue weighted by Gasteiger charge is 2.36. The van der Waals surface area contributed by atoms with Crippen molar-refractivity contribution in [3.8, 4) is 0 Å². The number of nitrogens with zero attached hydrogens (tertiary/aromatic N) is 1. The molecule has 0 radical (unpaired) electrons. The second kappa shape index (κ2) is 5.35. The maximum atomic E-state index is 11.8. The van der Waals surface area contributed by atoms with Gasteiger partial charge in [-0.3, -0.25) is 4.79 Å². The molecule has 1 aromatic carbocycles. The summed E-state index contributed by atoms with van der Waals surface area (Å²) in [5.41, 5.74) is 8.67. The monoisotopic (exact) mass is 273 g/mol. The lowest BCUT2D eigenvalue weighted by molar-refractivity contribution is 0.0963. The van der Waals surface area contributed by atoms with Crippen LogP contribution in [0, 0.1) is 5.92 Å². The van der Waals surface area contributed by atoms with Gasteiger partial charge >= 0.3 is 0 Å². The summed E-state index contributed by atoms with van der Waals surface area (Å²) in [5, 5.41) is 2.68. The molecule has 2 fully saturated rings. The summed E-state index contributed by atoms with van der Waals surface area (Å²) in [5.74, 6) is 0.762. The van der Waals surface area contributed by atoms with Crippen molar-refractivity contribution in [1.29, 1.82) is 0 Å². The lowest BCUT2D eigenvalue weighted by Crippen LogP contribution is -2.35. The molecule has 1 saturated carbocycles. The average Bonchev–Trinajstić information content (AvgIpc) is 2.91. The molecule has 1 aliphatic heterocycles. The van der Waals surface area contributed by atoms with Crippen LogP contribution < -0.4 is 16.0 Å². The lowest BCUT2D eigenvalue weighted by Gasteiger charge is -2.34. The van der Waals surface area contributed by atoms with Crippen LogP contribution in [0.25, 0.3) is 0 Å². The van der Waals surface area contributed by atoms with E-state index in [0.29, 0.717) is 11.6 Å². The van der Waals surface area contributed by atoms with E-state index in [-0.39, 0.29) is 5.91 Å². The van der Waals surface area contributed by atoms with E-state index in [0.717, 1.165) is 23.8 Å². The van der Waals surface area contributed by atoms with Crippen LogP contribution in [0.4, 0.5) is 11.4 Å². The van der Waals surface area contributed by atoms with Crippen LogP contribution in [0.3, 0.4) is 0 Å². The molecule has 2 unspecified atom stereocenters. The Bertz CT molecular complexity index is 514. The number of rotatable bonds is 2. The number of amides is 1. The fourth-order valence-electron chi connectivity index (χ4n) is 3.78. The van der Waals surface area contributed by atoms with Gasteiger partial charge in [-0.1, -0.05) is 12.8 Å². The third-order valence-electron chi connectivity index (χ3n) is 4.84. The zero-order valence-electron chi connectivity index (χ0n) is 12.1. The minimum absolute atomic E-state index is 0.0503. The van der Waals surface area contributed by atoms with Gasteiger partial charge in [0.05, 0.1) is 11.4 Å². The molecule has 1 saturated heterocycles. The summed E-state index contributed by atoms with van der Waals surface area (Å²) in [7, 11) is 1.66. The van der Waals surface area contributed by atoms with Gasteiger partial charge in [0.25, 0.3) is 5.91 Å². The number of fused-ring (bicyclic) bond motifs is 1. The lowest BCUT2D eigenvalue weighted by atomic mass is 9.85. The normalized spacial score (nSPS) is 25.4. The van der Waals surface area contributed by atoms with Crippen LogP contribution in [0.15, 0.2) is 18.2 Å². The predicted molar refractivity (Wildman–Crippen MR) is 82.0 cm³/mol. The van der Waals surface area contributed by atoms with E-state index in [2.05, 4.69) is 10.2 Å². The molecular weight excluding hydrogens is 250 g/mol. The summed E-state index contributed by atoms with van der Waals surface area (Å²) < 4.78 is 0. The fourth-order valence-corrected chi connectivity index (χ4v) is 3.78. The molecule has 2 atom stereocenters. The number of hydrogen-bond donors (Lipinski definition) is 2. The Morgan fingerprint density at radius 3 is 2.90 bits per heavy atom. The van der Waals surface area contributed by atoms with E-state index in [1.54, 1.807) is 13.1 Å². The van der Waals surface area contributed by atoms with Crippen LogP contribution in [0.2, 0.25) is 0 Å². The molecule has 3 N–H and O–H groups in total. The fraction of sp³-hybridized carbons (Fsp3) is 0.562. The second-order valence-corrected chi connectivity index (χ2v) is 5.95. The minimum atomic E-state index is -0.0503. The third kappa shape index (κ3) is 2.23. The average molecular weight is 273 g/mol. The Morgan fingerprint density at radius 2 is 2.10 bits per heavy atom. The highest BCUT2D eigenvalue weighted by atomic mass is 16.1. The SMILES string of the molecule is CNC(=O)c1ccc(N)c(N2CCC3CCCCC32)c1. The first-order valence-corrected chi connectivity index (χ1v) is 7.59. The van der Waals surface area contributed by atoms with Gasteiger partial charge in [-0.15, -0.1) is 0 Å². The molecule has 1 heterocycles. The van der Waals surface area contributed by atoms with Gasteiger partial charge in [-0.05, 0) is 43.4 Å². The number of hydrogen-bond acceptors (Lipinski definition) is 3. The largest absolute Gasteiger partial charge is 0.397 e. The van der Waals surface area contributed by atoms with Crippen molar-refractivity contribution in [3.05, 3.63) is 23.8 Å². The van der Waals surface area contributed by atoms with Gasteiger partial charge in [0.1, 0.15) is 0 Å². The number of benzene rings is 1. The molecule has 3 rings (SSSR count). The molecule has 4 nitrogen and oxygen atoms in total. The standard InChI is InChI=1S/C16H23N3O/c1-18-16(20)12-6-7-13(17)15(10-12)19-9-8-11-4-2-3-5-14(11)19/h6-7,10-11,14H,2-5,8-9,17H2,1H3,(H,18,20). The first-order valence-electron chi connectivity index (χ1n) is 7.59. The summed E-state index contributed by atoms with van der Waals surface area (Å²) in [4.78, 5) is 14.2. The number of nitrogens with two attached hydrogens (primary N) is 1. The van der Waals surface area contributed by atoms with Crippen molar-refractivity contribution in [2.75, 3.05) is 24.2 Å². The van der Waals surface area contributed by atoms with E-state index < -0.39 is 0 Å². The summed E-state index contributed by atoms with van der Waals surface area (Å²) in [6.07, 6.45) is 6.54. The summed E-state index contributed by atoms with van der Waals surface area (Å²) in [6, 6.07) is 6.22. The zero-order chi connectivity index (χ0) is 14.1. The van der Waals surface area contributed by atoms with Gasteiger partial charge in [-0.2, -0.15) is 0 Å². The molecule has 108 valence electrons. The van der Waals surface area contributed by atoms with Crippen LogP contribution in [0.1, 0.15) is 42.5 Å². The Kier molecular flexibility index (Phi) is 3.55. The van der Waals surface area contributed by atoms with Crippen LogP contribution in [-0.4, -0.2) is 25.5 Å². The molecule has 2 aliphatic rings. The van der Waals surface area contributed by atoms with Crippen LogP contribution in [-0.2, 0) is 0 Å². The Labute approximate surface area is 120 Å². The molecule has 0 spiro atoms. The molecule has 1 aromatic rings. The van der Waals surface area contributed by atoms with Gasteiger partial charge in [0, 0.05) is 25.2 Å². The third-order valence-corrected chi connectivity index (χ3v) is 4.84. The van der Waals surface area contributed by atoms with Crippen molar-refractivity contribution in [2.45, 2.75) is 38.1 Å². The first kappa shape index (κ1) is 13.3. The highest BCUT2D eigenvalue weighted by molar-refractivity contribution is 5.96. The van der Waals surface area contributed by atoms with E-state index in [4.69, 9.17) is 5.73 Å². The summed E-state index contributed by atoms with van der Waals surface area (Å²) >= 11 is 0. The van der Waals surface area contributed by atoms with Gasteiger partial charge in [-0.25, -0.2) is 0 Å². The maximum absolute atomic E-state index is 11.8. The number of nitrogens with one attached hydrogen (secondary N) is 1. The molecule has 20 heavy (non-hydrogen) atoms. The Hall–Kier alpha value is -1.71. The van der Waals surface area contributed by atoms with Crippen LogP contribution in [0.5, 0.6) is 0 Å². The summed E-state index contributed by atoms with van der Waals surface area (Å²) in [6.45, 7) is 1.07. The minimum Gasteiger partial charge on any atom is -0.397 e. The number of nitrogen functional groups attached to an aromatic ring is 1. The van der Waals surface area contributed by atoms with E-state index >= 15 is 0 Å². The van der Waals surface area contributed by atoms with E-state index in [1.165, 1.54) is 32.1 Å². The molecule has 0 bridgehead atoms. The van der Waals surface area contributed by atoms with Crippen molar-refractivity contribution in [2.24, 2.45) is 5.92 Å². The number of carbonyl (C=O) groups excluding carboxylic acids is 1. The highest BCUT2D eigenvalue weighted by Crippen LogP contribution is 2.40. The maximum Gasteiger partial charge on any atom is 0.251 e. The molecule has 1 amide bonds. The number of anilines is 2. The van der Waals surface area contributed by atoms with Crippen LogP contribution >= 0.6 is 0 Å². The first-order chi connectivity index (χ1) is 9.70. The Balaban J connectivity index is 1.91. The predicted octanol–water partition coefficient (Wildman–Crippen LogP) is 2.40. The smallest absolute Gasteiger partial charge is 0.251 e. The van der Waals surface area contributed by atoms with E-state index in [9.17, 15) is 4.79 Å².